The van der Waals surface area contributed by atoms with Crippen molar-refractivity contribution in [2.75, 3.05) is 0 Å². The zero-order valence-electron chi connectivity index (χ0n) is 10.4. The molecule has 0 fully saturated rings. The lowest BCUT2D eigenvalue weighted by molar-refractivity contribution is -0.122. The number of hydrogen-bond acceptors (Lipinski definition) is 3. The number of amides is 1. The molecular weight excluding hydrogens is 228 g/mol. The molecule has 0 bridgehead atoms. The predicted molar refractivity (Wildman–Crippen MR) is 70.8 cm³/mol. The fourth-order valence-electron chi connectivity index (χ4n) is 1.83. The van der Waals surface area contributed by atoms with Gasteiger partial charge >= 0.3 is 0 Å². The Morgan fingerprint density at radius 3 is 3.00 bits per heavy atom. The van der Waals surface area contributed by atoms with Gasteiger partial charge in [0.1, 0.15) is 5.82 Å². The van der Waals surface area contributed by atoms with Gasteiger partial charge in [-0.3, -0.25) is 4.79 Å². The highest BCUT2D eigenvalue weighted by Crippen LogP contribution is 2.09. The van der Waals surface area contributed by atoms with E-state index in [1.54, 1.807) is 0 Å². The molecule has 2 rings (SSSR count). The van der Waals surface area contributed by atoms with Crippen LogP contribution in [0.3, 0.4) is 0 Å². The first-order valence-corrected chi connectivity index (χ1v) is 6.17. The van der Waals surface area contributed by atoms with Gasteiger partial charge in [0.2, 0.25) is 5.91 Å². The normalized spacial score (nSPS) is 12.6. The van der Waals surface area contributed by atoms with E-state index in [0.29, 0.717) is 13.0 Å². The summed E-state index contributed by atoms with van der Waals surface area (Å²) in [4.78, 5) is 19.2. The van der Waals surface area contributed by atoms with Crippen LogP contribution in [0.5, 0.6) is 0 Å². The molecule has 0 aliphatic carbocycles. The van der Waals surface area contributed by atoms with E-state index in [2.05, 4.69) is 15.3 Å². The van der Waals surface area contributed by atoms with Crippen LogP contribution in [0.15, 0.2) is 24.3 Å². The van der Waals surface area contributed by atoms with Crippen LogP contribution in [0.25, 0.3) is 11.0 Å². The minimum Gasteiger partial charge on any atom is -0.348 e. The molecule has 1 unspecified atom stereocenters. The van der Waals surface area contributed by atoms with Crippen molar-refractivity contribution in [3.63, 3.8) is 0 Å². The second kappa shape index (κ2) is 5.64. The average molecular weight is 246 g/mol. The van der Waals surface area contributed by atoms with Crippen LogP contribution in [-0.2, 0) is 11.3 Å². The number of hydrogen-bond donors (Lipinski definition) is 3. The smallest absolute Gasteiger partial charge is 0.237 e. The van der Waals surface area contributed by atoms with E-state index >= 15 is 0 Å². The maximum absolute atomic E-state index is 11.6. The van der Waals surface area contributed by atoms with E-state index in [1.807, 2.05) is 31.2 Å². The van der Waals surface area contributed by atoms with Crippen molar-refractivity contribution >= 4 is 16.9 Å². The van der Waals surface area contributed by atoms with Gasteiger partial charge in [-0.2, -0.15) is 0 Å². The van der Waals surface area contributed by atoms with Crippen LogP contribution in [0.1, 0.15) is 25.6 Å². The van der Waals surface area contributed by atoms with E-state index in [-0.39, 0.29) is 5.91 Å². The van der Waals surface area contributed by atoms with Gasteiger partial charge in [-0.1, -0.05) is 25.5 Å². The predicted octanol–water partition coefficient (Wildman–Crippen LogP) is 1.31. The number of nitrogens with one attached hydrogen (secondary N) is 2. The fourth-order valence-corrected chi connectivity index (χ4v) is 1.83. The third-order valence-corrected chi connectivity index (χ3v) is 2.80. The summed E-state index contributed by atoms with van der Waals surface area (Å²) in [5.41, 5.74) is 7.60. The number of carbonyl (C=O) groups is 1. The number of para-hydroxylation sites is 2. The Labute approximate surface area is 106 Å². The van der Waals surface area contributed by atoms with Crippen molar-refractivity contribution < 1.29 is 4.79 Å². The first-order chi connectivity index (χ1) is 8.70. The zero-order valence-corrected chi connectivity index (χ0v) is 10.4. The second-order valence-electron chi connectivity index (χ2n) is 4.31. The number of rotatable bonds is 5. The SMILES string of the molecule is CCCC(N)C(=O)NCc1nc2ccccc2[nH]1. The standard InChI is InChI=1S/C13H18N4O/c1-2-5-9(14)13(18)15-8-12-16-10-6-3-4-7-11(10)17-12/h3-4,6-7,9H,2,5,8,14H2,1H3,(H,15,18)(H,16,17). The summed E-state index contributed by atoms with van der Waals surface area (Å²) in [7, 11) is 0. The van der Waals surface area contributed by atoms with Crippen LogP contribution < -0.4 is 11.1 Å². The highest BCUT2D eigenvalue weighted by molar-refractivity contribution is 5.81. The lowest BCUT2D eigenvalue weighted by Crippen LogP contribution is -2.40. The second-order valence-corrected chi connectivity index (χ2v) is 4.31. The lowest BCUT2D eigenvalue weighted by atomic mass is 10.2. The molecule has 0 saturated heterocycles. The molecule has 18 heavy (non-hydrogen) atoms. The van der Waals surface area contributed by atoms with E-state index in [9.17, 15) is 4.79 Å². The molecule has 5 heteroatoms. The molecule has 1 aromatic heterocycles. The number of carbonyl (C=O) groups excluding carboxylic acids is 1. The van der Waals surface area contributed by atoms with Crippen molar-refractivity contribution in [1.82, 2.24) is 15.3 Å². The summed E-state index contributed by atoms with van der Waals surface area (Å²) in [5, 5.41) is 2.79. The molecule has 96 valence electrons. The van der Waals surface area contributed by atoms with Gasteiger partial charge in [0.15, 0.2) is 0 Å². The Morgan fingerprint density at radius 2 is 2.28 bits per heavy atom. The van der Waals surface area contributed by atoms with Gasteiger partial charge in [0, 0.05) is 0 Å². The van der Waals surface area contributed by atoms with Crippen LogP contribution in [0.4, 0.5) is 0 Å². The van der Waals surface area contributed by atoms with Crippen LogP contribution in [0.2, 0.25) is 0 Å². The zero-order chi connectivity index (χ0) is 13.0. The first kappa shape index (κ1) is 12.6. The molecule has 1 amide bonds. The molecule has 1 atom stereocenters. The summed E-state index contributed by atoms with van der Waals surface area (Å²) in [5.74, 6) is 0.616. The van der Waals surface area contributed by atoms with E-state index < -0.39 is 6.04 Å². The minimum atomic E-state index is -0.431. The molecule has 2 aromatic rings. The third kappa shape index (κ3) is 2.87. The lowest BCUT2D eigenvalue weighted by Gasteiger charge is -2.09. The topological polar surface area (TPSA) is 83.8 Å². The third-order valence-electron chi connectivity index (χ3n) is 2.80. The van der Waals surface area contributed by atoms with Crippen molar-refractivity contribution in [1.29, 1.82) is 0 Å². The Morgan fingerprint density at radius 1 is 1.50 bits per heavy atom. The van der Waals surface area contributed by atoms with Crippen molar-refractivity contribution in [2.24, 2.45) is 5.73 Å². The first-order valence-electron chi connectivity index (χ1n) is 6.17. The average Bonchev–Trinajstić information content (AvgIpc) is 2.78. The quantitative estimate of drug-likeness (QED) is 0.743. The van der Waals surface area contributed by atoms with Gasteiger partial charge in [-0.05, 0) is 18.6 Å². The van der Waals surface area contributed by atoms with Crippen molar-refractivity contribution in [2.45, 2.75) is 32.4 Å². The highest BCUT2D eigenvalue weighted by Gasteiger charge is 2.12. The number of benzene rings is 1. The maximum Gasteiger partial charge on any atom is 0.237 e. The van der Waals surface area contributed by atoms with Crippen molar-refractivity contribution in [3.8, 4) is 0 Å². The van der Waals surface area contributed by atoms with Gasteiger partial charge < -0.3 is 16.0 Å². The summed E-state index contributed by atoms with van der Waals surface area (Å²) >= 11 is 0. The number of nitrogens with two attached hydrogens (primary N) is 1. The number of aromatic nitrogens is 2. The highest BCUT2D eigenvalue weighted by atomic mass is 16.2. The number of H-pyrrole nitrogens is 1. The maximum atomic E-state index is 11.6. The molecule has 0 aliphatic heterocycles. The van der Waals surface area contributed by atoms with Gasteiger partial charge in [-0.15, -0.1) is 0 Å². The molecule has 4 N–H and O–H groups in total. The van der Waals surface area contributed by atoms with Crippen LogP contribution in [-0.4, -0.2) is 21.9 Å². The summed E-state index contributed by atoms with van der Waals surface area (Å²) in [6.45, 7) is 2.39. The molecule has 0 aliphatic rings. The van der Waals surface area contributed by atoms with E-state index in [1.165, 1.54) is 0 Å². The summed E-state index contributed by atoms with van der Waals surface area (Å²) in [6.07, 6.45) is 1.60. The van der Waals surface area contributed by atoms with Gasteiger partial charge in [0.05, 0.1) is 23.6 Å². The largest absolute Gasteiger partial charge is 0.348 e. The molecule has 0 spiro atoms. The van der Waals surface area contributed by atoms with E-state index in [0.717, 1.165) is 23.3 Å². The van der Waals surface area contributed by atoms with E-state index in [4.69, 9.17) is 5.73 Å². The van der Waals surface area contributed by atoms with Crippen LogP contribution >= 0.6 is 0 Å². The van der Waals surface area contributed by atoms with Gasteiger partial charge in [-0.25, -0.2) is 4.98 Å². The Hall–Kier alpha value is -1.88. The van der Waals surface area contributed by atoms with Crippen LogP contribution in [0, 0.1) is 0 Å². The molecule has 1 heterocycles. The number of nitrogens with zero attached hydrogens (tertiary/aromatic N) is 1. The monoisotopic (exact) mass is 246 g/mol. The number of aromatic amines is 1. The Bertz CT molecular complexity index is 502. The molecule has 0 saturated carbocycles. The fraction of sp³-hybridized carbons (Fsp3) is 0.385. The molecule has 0 radical (unpaired) electrons. The minimum absolute atomic E-state index is 0.127. The number of fused-ring (bicyclic) bond motifs is 1. The molecule has 1 aromatic carbocycles. The molecular formula is C13H18N4O. The van der Waals surface area contributed by atoms with Gasteiger partial charge in [0.25, 0.3) is 0 Å². The summed E-state index contributed by atoms with van der Waals surface area (Å²) in [6, 6.07) is 7.33. The molecule has 5 nitrogen and oxygen atoms in total. The Kier molecular flexibility index (Phi) is 3.94. The van der Waals surface area contributed by atoms with Crippen molar-refractivity contribution in [3.05, 3.63) is 30.1 Å². The number of imidazole rings is 1. The Balaban J connectivity index is 1.95. The summed E-state index contributed by atoms with van der Waals surface area (Å²) < 4.78 is 0.